The van der Waals surface area contributed by atoms with Crippen molar-refractivity contribution in [1.29, 1.82) is 0 Å². The minimum atomic E-state index is -2.40. The van der Waals surface area contributed by atoms with Crippen LogP contribution >= 0.6 is 0 Å². The average molecular weight is 458 g/mol. The Labute approximate surface area is 159 Å². The van der Waals surface area contributed by atoms with E-state index in [0.717, 1.165) is 0 Å². The summed E-state index contributed by atoms with van der Waals surface area (Å²) in [6, 6.07) is 0. The highest BCUT2D eigenvalue weighted by atomic mass is 28.5. The van der Waals surface area contributed by atoms with Crippen LogP contribution in [0.1, 0.15) is 0 Å². The zero-order valence-corrected chi connectivity index (χ0v) is 23.9. The molecule has 0 bridgehead atoms. The van der Waals surface area contributed by atoms with Gasteiger partial charge in [-0.25, -0.2) is 0 Å². The van der Waals surface area contributed by atoms with Gasteiger partial charge < -0.3 is 24.7 Å². The van der Waals surface area contributed by atoms with Gasteiger partial charge >= 0.3 is 44.3 Å². The molecule has 0 aromatic rings. The Bertz CT molecular complexity index is 397. The van der Waals surface area contributed by atoms with Gasteiger partial charge in [0.25, 0.3) is 0 Å². The molecule has 0 rings (SSSR count). The summed E-state index contributed by atoms with van der Waals surface area (Å²) >= 11 is 0. The fraction of sp³-hybridized carbons (Fsp3) is 1.00. The van der Waals surface area contributed by atoms with Gasteiger partial charge in [-0.1, -0.05) is 0 Å². The van der Waals surface area contributed by atoms with E-state index in [9.17, 15) is 0 Å². The Morgan fingerprint density at radius 3 is 1.21 bits per heavy atom. The number of rotatable bonds is 11. The van der Waals surface area contributed by atoms with Crippen LogP contribution in [0.3, 0.4) is 0 Å². The highest BCUT2D eigenvalue weighted by Crippen LogP contribution is 2.26. The highest BCUT2D eigenvalue weighted by Gasteiger charge is 2.45. The van der Waals surface area contributed by atoms with Crippen molar-refractivity contribution in [2.24, 2.45) is 0 Å². The van der Waals surface area contributed by atoms with E-state index in [0.29, 0.717) is 0 Å². The summed E-state index contributed by atoms with van der Waals surface area (Å²) in [6.45, 7) is 22.9. The molecule has 24 heavy (non-hydrogen) atoms. The Balaban J connectivity index is 4.87. The standard InChI is InChI=1S/C11H33O6Si7/c1-20(2,3)14-22(6,7)16-24(10,11)17-23(8,9)15-21(4,5)13-19-12-18/h1-11H3. The first-order valence-corrected chi connectivity index (χ1v) is 23.8. The van der Waals surface area contributed by atoms with Gasteiger partial charge in [0.2, 0.25) is 10.5 Å². The Morgan fingerprint density at radius 1 is 0.542 bits per heavy atom. The van der Waals surface area contributed by atoms with E-state index in [-0.39, 0.29) is 10.0 Å². The maximum atomic E-state index is 6.40. The lowest BCUT2D eigenvalue weighted by molar-refractivity contribution is 0.281. The lowest BCUT2D eigenvalue weighted by Gasteiger charge is -2.41. The molecular formula is C11H33O6Si7. The Morgan fingerprint density at radius 2 is 0.875 bits per heavy atom. The summed E-state index contributed by atoms with van der Waals surface area (Å²) in [5, 5.41) is 0. The minimum Gasteiger partial charge on any atom is -0.437 e. The quantitative estimate of drug-likeness (QED) is 0.443. The molecule has 0 aliphatic rings. The first-order valence-electron chi connectivity index (χ1n) is 7.95. The smallest absolute Gasteiger partial charge is 0.411 e. The maximum Gasteiger partial charge on any atom is 0.411 e. The summed E-state index contributed by atoms with van der Waals surface area (Å²) in [7, 11) is -8.11. The third-order valence-corrected chi connectivity index (χ3v) is 21.2. The molecule has 0 aliphatic carbocycles. The largest absolute Gasteiger partial charge is 0.437 e. The summed E-state index contributed by atoms with van der Waals surface area (Å²) in [5.41, 5.74) is 0. The van der Waals surface area contributed by atoms with E-state index in [2.05, 4.69) is 56.3 Å². The van der Waals surface area contributed by atoms with Crippen molar-refractivity contribution in [3.05, 3.63) is 0 Å². The summed E-state index contributed by atoms with van der Waals surface area (Å²) in [4.78, 5) is 0. The van der Waals surface area contributed by atoms with Crippen LogP contribution < -0.4 is 0 Å². The molecule has 5 radical (unpaired) electrons. The van der Waals surface area contributed by atoms with Crippen LogP contribution in [-0.2, 0) is 24.7 Å². The van der Waals surface area contributed by atoms with Crippen molar-refractivity contribution in [1.82, 2.24) is 0 Å². The van der Waals surface area contributed by atoms with Crippen molar-refractivity contribution in [3.63, 3.8) is 0 Å². The molecule has 0 aromatic heterocycles. The second-order valence-electron chi connectivity index (χ2n) is 8.41. The van der Waals surface area contributed by atoms with Crippen molar-refractivity contribution in [2.75, 3.05) is 0 Å². The average Bonchev–Trinajstić information content (AvgIpc) is 2.16. The van der Waals surface area contributed by atoms with E-state index in [1.54, 1.807) is 0 Å². The van der Waals surface area contributed by atoms with Crippen molar-refractivity contribution in [3.8, 4) is 0 Å². The zero-order chi connectivity index (χ0) is 19.4. The number of hydrogen-bond acceptors (Lipinski definition) is 6. The van der Waals surface area contributed by atoms with Gasteiger partial charge in [-0.15, -0.1) is 0 Å². The first kappa shape index (κ1) is 25.3. The lowest BCUT2D eigenvalue weighted by Crippen LogP contribution is -2.58. The van der Waals surface area contributed by atoms with Crippen LogP contribution in [0.4, 0.5) is 0 Å². The minimum absolute atomic E-state index is 0.0866. The van der Waals surface area contributed by atoms with E-state index in [1.807, 2.05) is 26.2 Å². The molecular weight excluding hydrogens is 425 g/mol. The molecule has 0 saturated carbocycles. The second kappa shape index (κ2) is 8.98. The van der Waals surface area contributed by atoms with Gasteiger partial charge in [-0.3, -0.25) is 0 Å². The Hall–Kier alpha value is 1.28. The monoisotopic (exact) mass is 457 g/mol. The lowest BCUT2D eigenvalue weighted by atomic mass is 11.8. The zero-order valence-electron chi connectivity index (χ0n) is 16.9. The van der Waals surface area contributed by atoms with Crippen molar-refractivity contribution in [2.45, 2.75) is 72.0 Å². The summed E-state index contributed by atoms with van der Waals surface area (Å²) < 4.78 is 35.8. The van der Waals surface area contributed by atoms with Gasteiger partial charge in [0.15, 0.2) is 8.32 Å². The first-order chi connectivity index (χ1) is 10.4. The summed E-state index contributed by atoms with van der Waals surface area (Å²) in [5.74, 6) is 0. The summed E-state index contributed by atoms with van der Waals surface area (Å²) in [6.07, 6.45) is 0. The third kappa shape index (κ3) is 12.6. The molecule has 0 saturated heterocycles. The predicted molar refractivity (Wildman–Crippen MR) is 111 cm³/mol. The van der Waals surface area contributed by atoms with E-state index in [1.165, 1.54) is 0 Å². The van der Waals surface area contributed by atoms with Crippen LogP contribution in [0, 0.1) is 0 Å². The van der Waals surface area contributed by atoms with Crippen LogP contribution in [0.15, 0.2) is 0 Å². The van der Waals surface area contributed by atoms with E-state index in [4.69, 9.17) is 24.7 Å². The SMILES string of the molecule is C[Si](C)(C)O[Si](C)(C)O[Si](C)(C)O[Si](C)(C)O[Si](C)(C)O[Si]O[Si]. The van der Waals surface area contributed by atoms with E-state index >= 15 is 0 Å². The van der Waals surface area contributed by atoms with Gasteiger partial charge in [-0.05, 0) is 72.0 Å². The van der Waals surface area contributed by atoms with Crippen LogP contribution in [0.2, 0.25) is 72.0 Å². The number of hydrogen-bond donors (Lipinski definition) is 0. The van der Waals surface area contributed by atoms with Gasteiger partial charge in [0, 0.05) is 0 Å². The van der Waals surface area contributed by atoms with Crippen LogP contribution in [0.25, 0.3) is 0 Å². The van der Waals surface area contributed by atoms with Gasteiger partial charge in [-0.2, -0.15) is 0 Å². The van der Waals surface area contributed by atoms with Crippen LogP contribution in [-0.4, -0.2) is 63.1 Å². The second-order valence-corrected chi connectivity index (χ2v) is 28.9. The van der Waals surface area contributed by atoms with Gasteiger partial charge in [0.05, 0.1) is 0 Å². The van der Waals surface area contributed by atoms with E-state index < -0.39 is 42.6 Å². The van der Waals surface area contributed by atoms with Crippen molar-refractivity contribution < 1.29 is 24.7 Å². The molecule has 0 aliphatic heterocycles. The molecule has 0 amide bonds. The Kier molecular flexibility index (Phi) is 9.46. The molecule has 0 aromatic carbocycles. The predicted octanol–water partition coefficient (Wildman–Crippen LogP) is 3.35. The topological polar surface area (TPSA) is 55.4 Å². The normalized spacial score (nSPS) is 15.0. The molecule has 0 unspecified atom stereocenters. The highest BCUT2D eigenvalue weighted by molar-refractivity contribution is 6.90. The molecule has 0 heterocycles. The van der Waals surface area contributed by atoms with Gasteiger partial charge in [0.1, 0.15) is 0 Å². The fourth-order valence-electron chi connectivity index (χ4n) is 2.72. The third-order valence-electron chi connectivity index (χ3n) is 2.36. The molecule has 0 spiro atoms. The molecule has 0 fully saturated rings. The maximum absolute atomic E-state index is 6.40. The molecule has 13 heteroatoms. The molecule has 0 atom stereocenters. The van der Waals surface area contributed by atoms with Crippen molar-refractivity contribution >= 4 is 63.1 Å². The van der Waals surface area contributed by atoms with Crippen LogP contribution in [0.5, 0.6) is 0 Å². The fourth-order valence-corrected chi connectivity index (χ4v) is 26.3. The molecule has 0 N–H and O–H groups in total. The molecule has 141 valence electrons. The molecule has 6 nitrogen and oxygen atoms in total.